The highest BCUT2D eigenvalue weighted by molar-refractivity contribution is 6.05. The molecule has 1 aliphatic heterocycles. The molecule has 1 saturated heterocycles. The van der Waals surface area contributed by atoms with Crippen molar-refractivity contribution in [3.05, 3.63) is 46.0 Å². The molecule has 2 aromatic rings. The Bertz CT molecular complexity index is 796. The number of ether oxygens (including phenoxy) is 1. The van der Waals surface area contributed by atoms with Gasteiger partial charge in [0.1, 0.15) is 5.82 Å². The maximum Gasteiger partial charge on any atom is 0.254 e. The van der Waals surface area contributed by atoms with Gasteiger partial charge in [0.05, 0.1) is 17.2 Å². The van der Waals surface area contributed by atoms with E-state index in [9.17, 15) is 14.0 Å². The van der Waals surface area contributed by atoms with Crippen molar-refractivity contribution in [2.45, 2.75) is 32.3 Å². The number of nitrogens with one attached hydrogen (secondary N) is 1. The number of rotatable bonds is 4. The second-order valence-electron chi connectivity index (χ2n) is 6.07. The minimum absolute atomic E-state index is 0.0355. The molecule has 24 heavy (non-hydrogen) atoms. The molecule has 0 aliphatic carbocycles. The predicted molar refractivity (Wildman–Crippen MR) is 89.7 cm³/mol. The third-order valence-electron chi connectivity index (χ3n) is 4.40. The number of likely N-dealkylation sites (N-methyl/N-ethyl adjacent to an activating group) is 1. The minimum Gasteiger partial charge on any atom is -0.376 e. The molecule has 0 spiro atoms. The van der Waals surface area contributed by atoms with Crippen LogP contribution in [-0.2, 0) is 4.74 Å². The summed E-state index contributed by atoms with van der Waals surface area (Å²) < 4.78 is 19.1. The molecule has 5 nitrogen and oxygen atoms in total. The van der Waals surface area contributed by atoms with Crippen LogP contribution in [-0.4, -0.2) is 41.6 Å². The fourth-order valence-corrected chi connectivity index (χ4v) is 3.13. The zero-order chi connectivity index (χ0) is 17.1. The van der Waals surface area contributed by atoms with Crippen molar-refractivity contribution < 1.29 is 13.9 Å². The molecule has 1 aromatic heterocycles. The van der Waals surface area contributed by atoms with Crippen LogP contribution in [0.5, 0.6) is 0 Å². The van der Waals surface area contributed by atoms with Gasteiger partial charge in [-0.15, -0.1) is 0 Å². The van der Waals surface area contributed by atoms with Crippen molar-refractivity contribution in [1.29, 1.82) is 0 Å². The van der Waals surface area contributed by atoms with Crippen LogP contribution >= 0.6 is 0 Å². The van der Waals surface area contributed by atoms with Gasteiger partial charge in [0.2, 0.25) is 5.56 Å². The Morgan fingerprint density at radius 2 is 2.21 bits per heavy atom. The first kappa shape index (κ1) is 16.6. The fourth-order valence-electron chi connectivity index (χ4n) is 3.13. The second-order valence-corrected chi connectivity index (χ2v) is 6.07. The Balaban J connectivity index is 1.92. The number of aromatic amines is 1. The molecule has 6 heteroatoms. The number of carbonyl (C=O) groups excluding carboxylic acids is 1. The molecule has 128 valence electrons. The molecule has 1 atom stereocenters. The normalized spacial score (nSPS) is 17.8. The average molecular weight is 332 g/mol. The number of amides is 1. The van der Waals surface area contributed by atoms with E-state index in [-0.39, 0.29) is 12.0 Å². The van der Waals surface area contributed by atoms with Gasteiger partial charge < -0.3 is 14.6 Å². The van der Waals surface area contributed by atoms with Gasteiger partial charge in [-0.3, -0.25) is 9.59 Å². The topological polar surface area (TPSA) is 62.4 Å². The van der Waals surface area contributed by atoms with Gasteiger partial charge >= 0.3 is 0 Å². The fraction of sp³-hybridized carbons (Fsp3) is 0.444. The molecular weight excluding hydrogens is 311 g/mol. The largest absolute Gasteiger partial charge is 0.376 e. The van der Waals surface area contributed by atoms with Crippen molar-refractivity contribution in [3.63, 3.8) is 0 Å². The minimum atomic E-state index is -0.453. The molecule has 1 aliphatic rings. The van der Waals surface area contributed by atoms with E-state index >= 15 is 0 Å². The quantitative estimate of drug-likeness (QED) is 0.936. The van der Waals surface area contributed by atoms with E-state index in [1.165, 1.54) is 24.3 Å². The van der Waals surface area contributed by atoms with Crippen LogP contribution in [0.1, 0.15) is 36.5 Å². The zero-order valence-electron chi connectivity index (χ0n) is 13.7. The van der Waals surface area contributed by atoms with Gasteiger partial charge in [-0.25, -0.2) is 4.39 Å². The lowest BCUT2D eigenvalue weighted by molar-refractivity contribution is -0.00308. The monoisotopic (exact) mass is 332 g/mol. The number of nitrogens with zero attached hydrogens (tertiary/aromatic N) is 1. The van der Waals surface area contributed by atoms with E-state index in [1.807, 2.05) is 6.92 Å². The molecule has 1 fully saturated rings. The summed E-state index contributed by atoms with van der Waals surface area (Å²) in [5, 5.41) is 0.545. The number of hydrogen-bond donors (Lipinski definition) is 1. The lowest BCUT2D eigenvalue weighted by Crippen LogP contribution is -2.40. The van der Waals surface area contributed by atoms with Gasteiger partial charge in [-0.2, -0.15) is 0 Å². The molecule has 1 amide bonds. The van der Waals surface area contributed by atoms with Gasteiger partial charge in [0.15, 0.2) is 0 Å². The van der Waals surface area contributed by atoms with Crippen LogP contribution in [0.15, 0.2) is 29.1 Å². The number of carbonyl (C=O) groups is 1. The lowest BCUT2D eigenvalue weighted by Gasteiger charge is -2.29. The van der Waals surface area contributed by atoms with E-state index in [0.29, 0.717) is 29.6 Å². The Morgan fingerprint density at radius 1 is 1.38 bits per heavy atom. The standard InChI is InChI=1S/C18H21FN2O3/c1-2-21(11-13-5-3-4-8-24-13)18(23)15-10-17(22)20-16-9-12(19)6-7-14(15)16/h6-7,9-10,13H,2-5,8,11H2,1H3,(H,20,22). The number of hydrogen-bond acceptors (Lipinski definition) is 3. The van der Waals surface area contributed by atoms with Crippen molar-refractivity contribution in [3.8, 4) is 0 Å². The maximum absolute atomic E-state index is 13.4. The maximum atomic E-state index is 13.4. The highest BCUT2D eigenvalue weighted by Crippen LogP contribution is 2.20. The van der Waals surface area contributed by atoms with Crippen LogP contribution in [0.4, 0.5) is 4.39 Å². The summed E-state index contributed by atoms with van der Waals surface area (Å²) in [5.41, 5.74) is 0.212. The molecule has 1 aromatic carbocycles. The van der Waals surface area contributed by atoms with Gasteiger partial charge in [-0.1, -0.05) is 0 Å². The second kappa shape index (κ2) is 7.13. The van der Waals surface area contributed by atoms with E-state index in [1.54, 1.807) is 4.90 Å². The Kier molecular flexibility index (Phi) is 4.94. The Morgan fingerprint density at radius 3 is 2.92 bits per heavy atom. The number of aromatic nitrogens is 1. The number of benzene rings is 1. The van der Waals surface area contributed by atoms with Crippen LogP contribution in [0.2, 0.25) is 0 Å². The van der Waals surface area contributed by atoms with Gasteiger partial charge in [0.25, 0.3) is 5.91 Å². The molecule has 0 bridgehead atoms. The summed E-state index contributed by atoms with van der Waals surface area (Å²) in [5.74, 6) is -0.680. The van der Waals surface area contributed by atoms with Crippen LogP contribution in [0.25, 0.3) is 10.9 Å². The van der Waals surface area contributed by atoms with E-state index < -0.39 is 11.4 Å². The van der Waals surface area contributed by atoms with E-state index in [0.717, 1.165) is 25.9 Å². The van der Waals surface area contributed by atoms with Gasteiger partial charge in [-0.05, 0) is 44.4 Å². The summed E-state index contributed by atoms with van der Waals surface area (Å²) in [6.45, 7) is 3.65. The summed E-state index contributed by atoms with van der Waals surface area (Å²) in [6, 6.07) is 5.33. The third kappa shape index (κ3) is 3.48. The van der Waals surface area contributed by atoms with Crippen molar-refractivity contribution in [2.24, 2.45) is 0 Å². The molecular formula is C18H21FN2O3. The average Bonchev–Trinajstić information content (AvgIpc) is 2.58. The molecule has 1 unspecified atom stereocenters. The SMILES string of the molecule is CCN(CC1CCCCO1)C(=O)c1cc(=O)[nH]c2cc(F)ccc12. The Labute approximate surface area is 139 Å². The molecule has 1 N–H and O–H groups in total. The molecule has 2 heterocycles. The highest BCUT2D eigenvalue weighted by Gasteiger charge is 2.23. The van der Waals surface area contributed by atoms with Crippen LogP contribution in [0.3, 0.4) is 0 Å². The number of fused-ring (bicyclic) bond motifs is 1. The van der Waals surface area contributed by atoms with E-state index in [2.05, 4.69) is 4.98 Å². The summed E-state index contributed by atoms with van der Waals surface area (Å²) in [7, 11) is 0. The number of H-pyrrole nitrogens is 1. The molecule has 0 radical (unpaired) electrons. The smallest absolute Gasteiger partial charge is 0.254 e. The summed E-state index contributed by atoms with van der Waals surface area (Å²) in [6.07, 6.45) is 3.13. The third-order valence-corrected chi connectivity index (χ3v) is 4.40. The van der Waals surface area contributed by atoms with Crippen LogP contribution in [0, 0.1) is 5.82 Å². The number of pyridine rings is 1. The number of halogens is 1. The van der Waals surface area contributed by atoms with Crippen LogP contribution < -0.4 is 5.56 Å². The first-order valence-electron chi connectivity index (χ1n) is 8.32. The van der Waals surface area contributed by atoms with E-state index in [4.69, 9.17) is 4.74 Å². The van der Waals surface area contributed by atoms with Crippen molar-refractivity contribution in [2.75, 3.05) is 19.7 Å². The first-order chi connectivity index (χ1) is 11.6. The summed E-state index contributed by atoms with van der Waals surface area (Å²) in [4.78, 5) is 29.0. The first-order valence-corrected chi connectivity index (χ1v) is 8.32. The van der Waals surface area contributed by atoms with Crippen molar-refractivity contribution >= 4 is 16.8 Å². The predicted octanol–water partition coefficient (Wildman–Crippen LogP) is 2.70. The highest BCUT2D eigenvalue weighted by atomic mass is 19.1. The zero-order valence-corrected chi connectivity index (χ0v) is 13.7. The van der Waals surface area contributed by atoms with Gasteiger partial charge in [0, 0.05) is 31.1 Å². The summed E-state index contributed by atoms with van der Waals surface area (Å²) >= 11 is 0. The Hall–Kier alpha value is -2.21. The molecule has 3 rings (SSSR count). The van der Waals surface area contributed by atoms with Crippen molar-refractivity contribution in [1.82, 2.24) is 9.88 Å². The molecule has 0 saturated carbocycles. The lowest BCUT2D eigenvalue weighted by atomic mass is 10.1.